The highest BCUT2D eigenvalue weighted by Crippen LogP contribution is 2.18. The van der Waals surface area contributed by atoms with Crippen LogP contribution in [0.25, 0.3) is 0 Å². The summed E-state index contributed by atoms with van der Waals surface area (Å²) in [5, 5.41) is 3.25. The van der Waals surface area contributed by atoms with Crippen LogP contribution in [0.3, 0.4) is 0 Å². The van der Waals surface area contributed by atoms with Gasteiger partial charge in [0.15, 0.2) is 0 Å². The number of rotatable bonds is 4. The first-order chi connectivity index (χ1) is 5.02. The second-order valence-corrected chi connectivity index (χ2v) is 3.87. The van der Waals surface area contributed by atoms with Crippen molar-refractivity contribution in [2.75, 3.05) is 20.3 Å². The van der Waals surface area contributed by atoms with Gasteiger partial charge in [0.05, 0.1) is 6.61 Å². The van der Waals surface area contributed by atoms with E-state index in [0.29, 0.717) is 6.04 Å². The zero-order chi connectivity index (χ0) is 8.91. The van der Waals surface area contributed by atoms with Gasteiger partial charge in [0, 0.05) is 12.6 Å². The van der Waals surface area contributed by atoms with Crippen LogP contribution in [0.5, 0.6) is 0 Å². The summed E-state index contributed by atoms with van der Waals surface area (Å²) in [6.07, 6.45) is 0. The minimum absolute atomic E-state index is 0.282. The largest absolute Gasteiger partial charge is 0.380 e. The third kappa shape index (κ3) is 4.38. The molecule has 0 bridgehead atoms. The molecule has 0 fully saturated rings. The molecule has 11 heavy (non-hydrogen) atoms. The maximum atomic E-state index is 5.35. The van der Waals surface area contributed by atoms with E-state index in [1.165, 1.54) is 0 Å². The first kappa shape index (κ1) is 10.9. The van der Waals surface area contributed by atoms with Crippen LogP contribution in [-0.2, 0) is 4.74 Å². The molecular formula is C9H21NO. The molecule has 0 aromatic heterocycles. The number of likely N-dealkylation sites (N-methyl/N-ethyl adjacent to an activating group) is 1. The van der Waals surface area contributed by atoms with Crippen LogP contribution in [0.1, 0.15) is 27.7 Å². The van der Waals surface area contributed by atoms with E-state index in [1.807, 2.05) is 14.0 Å². The molecule has 0 heterocycles. The minimum atomic E-state index is 0.282. The van der Waals surface area contributed by atoms with E-state index in [4.69, 9.17) is 4.74 Å². The Bertz CT molecular complexity index is 96.2. The molecule has 0 aliphatic heterocycles. The molecular weight excluding hydrogens is 138 g/mol. The van der Waals surface area contributed by atoms with E-state index >= 15 is 0 Å². The zero-order valence-electron chi connectivity index (χ0n) is 8.40. The predicted octanol–water partition coefficient (Wildman–Crippen LogP) is 1.66. The predicted molar refractivity (Wildman–Crippen MR) is 48.8 cm³/mol. The maximum absolute atomic E-state index is 5.35. The van der Waals surface area contributed by atoms with E-state index in [2.05, 4.69) is 26.1 Å². The summed E-state index contributed by atoms with van der Waals surface area (Å²) in [6, 6.07) is 0.447. The monoisotopic (exact) mass is 159 g/mol. The summed E-state index contributed by atoms with van der Waals surface area (Å²) in [7, 11) is 1.98. The van der Waals surface area contributed by atoms with Crippen molar-refractivity contribution < 1.29 is 4.74 Å². The van der Waals surface area contributed by atoms with E-state index in [1.54, 1.807) is 0 Å². The Kier molecular flexibility index (Phi) is 4.69. The minimum Gasteiger partial charge on any atom is -0.380 e. The third-order valence-corrected chi connectivity index (χ3v) is 1.88. The summed E-state index contributed by atoms with van der Waals surface area (Å²) in [4.78, 5) is 0. The topological polar surface area (TPSA) is 21.3 Å². The molecule has 0 saturated heterocycles. The molecule has 1 atom stereocenters. The highest BCUT2D eigenvalue weighted by Gasteiger charge is 2.22. The van der Waals surface area contributed by atoms with Crippen LogP contribution in [0, 0.1) is 5.41 Å². The van der Waals surface area contributed by atoms with Gasteiger partial charge in [-0.05, 0) is 19.4 Å². The van der Waals surface area contributed by atoms with Crippen molar-refractivity contribution >= 4 is 0 Å². The quantitative estimate of drug-likeness (QED) is 0.673. The van der Waals surface area contributed by atoms with Crippen LogP contribution in [-0.4, -0.2) is 26.3 Å². The molecule has 1 N–H and O–H groups in total. The summed E-state index contributed by atoms with van der Waals surface area (Å²) >= 11 is 0. The van der Waals surface area contributed by atoms with Crippen LogP contribution in [0.4, 0.5) is 0 Å². The normalized spacial score (nSPS) is 15.0. The van der Waals surface area contributed by atoms with E-state index < -0.39 is 0 Å². The average molecular weight is 159 g/mol. The van der Waals surface area contributed by atoms with Crippen molar-refractivity contribution in [2.24, 2.45) is 5.41 Å². The van der Waals surface area contributed by atoms with Crippen molar-refractivity contribution in [3.63, 3.8) is 0 Å². The first-order valence-electron chi connectivity index (χ1n) is 4.27. The number of ether oxygens (including phenoxy) is 1. The van der Waals surface area contributed by atoms with E-state index in [-0.39, 0.29) is 5.41 Å². The Morgan fingerprint density at radius 2 is 1.91 bits per heavy atom. The standard InChI is InChI=1S/C9H21NO/c1-6-11-7-8(10-5)9(2,3)4/h8,10H,6-7H2,1-5H3. The molecule has 0 rings (SSSR count). The van der Waals surface area contributed by atoms with Crippen LogP contribution in [0.2, 0.25) is 0 Å². The maximum Gasteiger partial charge on any atom is 0.0624 e. The summed E-state index contributed by atoms with van der Waals surface area (Å²) in [6.45, 7) is 10.3. The highest BCUT2D eigenvalue weighted by atomic mass is 16.5. The van der Waals surface area contributed by atoms with Gasteiger partial charge in [0.1, 0.15) is 0 Å². The molecule has 2 heteroatoms. The average Bonchev–Trinajstić information content (AvgIpc) is 1.87. The van der Waals surface area contributed by atoms with Gasteiger partial charge in [0.2, 0.25) is 0 Å². The Morgan fingerprint density at radius 1 is 1.36 bits per heavy atom. The second-order valence-electron chi connectivity index (χ2n) is 3.87. The third-order valence-electron chi connectivity index (χ3n) is 1.88. The smallest absolute Gasteiger partial charge is 0.0624 e. The lowest BCUT2D eigenvalue weighted by Crippen LogP contribution is -2.41. The van der Waals surface area contributed by atoms with Gasteiger partial charge in [-0.15, -0.1) is 0 Å². The fourth-order valence-electron chi connectivity index (χ4n) is 1.00. The van der Waals surface area contributed by atoms with Gasteiger partial charge in [0.25, 0.3) is 0 Å². The zero-order valence-corrected chi connectivity index (χ0v) is 8.40. The number of hydrogen-bond donors (Lipinski definition) is 1. The lowest BCUT2D eigenvalue weighted by Gasteiger charge is -2.29. The lowest BCUT2D eigenvalue weighted by atomic mass is 9.87. The lowest BCUT2D eigenvalue weighted by molar-refractivity contribution is 0.0872. The first-order valence-corrected chi connectivity index (χ1v) is 4.27. The Hall–Kier alpha value is -0.0800. The molecule has 0 amide bonds. The highest BCUT2D eigenvalue weighted by molar-refractivity contribution is 4.78. The van der Waals surface area contributed by atoms with Crippen molar-refractivity contribution in [1.29, 1.82) is 0 Å². The SMILES string of the molecule is CCOCC(NC)C(C)(C)C. The Labute approximate surface area is 70.3 Å². The fraction of sp³-hybridized carbons (Fsp3) is 1.00. The molecule has 0 saturated carbocycles. The summed E-state index contributed by atoms with van der Waals surface area (Å²) in [5.74, 6) is 0. The van der Waals surface area contributed by atoms with Gasteiger partial charge in [-0.2, -0.15) is 0 Å². The van der Waals surface area contributed by atoms with Crippen molar-refractivity contribution in [3.8, 4) is 0 Å². The molecule has 0 radical (unpaired) electrons. The van der Waals surface area contributed by atoms with Gasteiger partial charge in [-0.1, -0.05) is 20.8 Å². The van der Waals surface area contributed by atoms with Crippen LogP contribution < -0.4 is 5.32 Å². The van der Waals surface area contributed by atoms with Gasteiger partial charge in [-0.25, -0.2) is 0 Å². The van der Waals surface area contributed by atoms with Crippen molar-refractivity contribution in [2.45, 2.75) is 33.7 Å². The molecule has 2 nitrogen and oxygen atoms in total. The molecule has 0 aromatic carbocycles. The van der Waals surface area contributed by atoms with Gasteiger partial charge in [-0.3, -0.25) is 0 Å². The number of nitrogens with one attached hydrogen (secondary N) is 1. The molecule has 68 valence electrons. The Balaban J connectivity index is 3.76. The molecule has 0 aliphatic carbocycles. The second kappa shape index (κ2) is 4.73. The van der Waals surface area contributed by atoms with E-state index in [0.717, 1.165) is 13.2 Å². The van der Waals surface area contributed by atoms with Gasteiger partial charge >= 0.3 is 0 Å². The fourth-order valence-corrected chi connectivity index (χ4v) is 1.00. The van der Waals surface area contributed by atoms with Crippen LogP contribution in [0.15, 0.2) is 0 Å². The van der Waals surface area contributed by atoms with Crippen LogP contribution >= 0.6 is 0 Å². The Morgan fingerprint density at radius 3 is 2.18 bits per heavy atom. The van der Waals surface area contributed by atoms with Gasteiger partial charge < -0.3 is 10.1 Å². The van der Waals surface area contributed by atoms with Crippen molar-refractivity contribution in [1.82, 2.24) is 5.32 Å². The number of hydrogen-bond acceptors (Lipinski definition) is 2. The molecule has 1 unspecified atom stereocenters. The van der Waals surface area contributed by atoms with E-state index in [9.17, 15) is 0 Å². The molecule has 0 spiro atoms. The van der Waals surface area contributed by atoms with Crippen molar-refractivity contribution in [3.05, 3.63) is 0 Å². The molecule has 0 aromatic rings. The summed E-state index contributed by atoms with van der Waals surface area (Å²) in [5.41, 5.74) is 0.282. The summed E-state index contributed by atoms with van der Waals surface area (Å²) < 4.78 is 5.35. The molecule has 0 aliphatic rings.